The van der Waals surface area contributed by atoms with Gasteiger partial charge >= 0.3 is 12.1 Å². The van der Waals surface area contributed by atoms with Crippen LogP contribution in [0.4, 0.5) is 4.79 Å². The molecular weight excluding hydrogens is 464 g/mol. The Hall–Kier alpha value is -3.65. The Bertz CT molecular complexity index is 1250. The molecule has 2 aromatic carbocycles. The molecule has 0 saturated carbocycles. The Labute approximate surface area is 207 Å². The molecule has 8 heteroatoms. The first-order valence-corrected chi connectivity index (χ1v) is 12.5. The summed E-state index contributed by atoms with van der Waals surface area (Å²) in [6, 6.07) is 18.0. The van der Waals surface area contributed by atoms with Crippen LogP contribution in [0.15, 0.2) is 54.6 Å². The largest absolute Gasteiger partial charge is 0.477 e. The van der Waals surface area contributed by atoms with Crippen LogP contribution in [0.5, 0.6) is 0 Å². The van der Waals surface area contributed by atoms with Crippen LogP contribution in [0.1, 0.15) is 44.1 Å². The lowest BCUT2D eigenvalue weighted by Crippen LogP contribution is -2.42. The number of thiophene rings is 1. The zero-order valence-electron chi connectivity index (χ0n) is 19.3. The number of carboxylic acids is 1. The summed E-state index contributed by atoms with van der Waals surface area (Å²) in [4.78, 5) is 39.6. The molecule has 0 saturated heterocycles. The Morgan fingerprint density at radius 2 is 1.77 bits per heavy atom. The fraction of sp³-hybridized carbons (Fsp3) is 0.296. The van der Waals surface area contributed by atoms with Gasteiger partial charge in [-0.1, -0.05) is 55.5 Å². The van der Waals surface area contributed by atoms with Gasteiger partial charge in [0.05, 0.1) is 5.92 Å². The second kappa shape index (κ2) is 9.54. The average molecular weight is 491 g/mol. The summed E-state index contributed by atoms with van der Waals surface area (Å²) in [7, 11) is 0. The van der Waals surface area contributed by atoms with Gasteiger partial charge in [-0.3, -0.25) is 4.79 Å². The van der Waals surface area contributed by atoms with Crippen LogP contribution >= 0.6 is 11.3 Å². The zero-order chi connectivity index (χ0) is 24.5. The van der Waals surface area contributed by atoms with E-state index in [4.69, 9.17) is 4.74 Å². The molecule has 1 aliphatic carbocycles. The van der Waals surface area contributed by atoms with Crippen molar-refractivity contribution in [1.82, 2.24) is 10.2 Å². The topological polar surface area (TPSA) is 95.9 Å². The minimum Gasteiger partial charge on any atom is -0.477 e. The summed E-state index contributed by atoms with van der Waals surface area (Å²) in [6.45, 7) is 3.11. The summed E-state index contributed by atoms with van der Waals surface area (Å²) in [5, 5.41) is 11.9. The van der Waals surface area contributed by atoms with Gasteiger partial charge in [0.15, 0.2) is 0 Å². The number of carbonyl (C=O) groups is 3. The van der Waals surface area contributed by atoms with Gasteiger partial charge < -0.3 is 20.1 Å². The molecule has 2 heterocycles. The van der Waals surface area contributed by atoms with Crippen molar-refractivity contribution in [3.05, 3.63) is 81.0 Å². The number of alkyl carbamates (subject to hydrolysis) is 1. The third-order valence-electron chi connectivity index (χ3n) is 6.71. The average Bonchev–Trinajstić information content (AvgIpc) is 3.44. The van der Waals surface area contributed by atoms with Crippen molar-refractivity contribution < 1.29 is 24.2 Å². The first-order valence-electron chi connectivity index (χ1n) is 11.6. The van der Waals surface area contributed by atoms with Gasteiger partial charge in [0.25, 0.3) is 0 Å². The first kappa shape index (κ1) is 23.1. The van der Waals surface area contributed by atoms with E-state index >= 15 is 0 Å². The van der Waals surface area contributed by atoms with Gasteiger partial charge in [-0.25, -0.2) is 9.59 Å². The third kappa shape index (κ3) is 4.53. The minimum atomic E-state index is -0.942. The Morgan fingerprint density at radius 1 is 1.11 bits per heavy atom. The summed E-state index contributed by atoms with van der Waals surface area (Å²) in [5.74, 6) is -1.45. The normalized spacial score (nSPS) is 15.1. The fourth-order valence-corrected chi connectivity index (χ4v) is 5.91. The zero-order valence-corrected chi connectivity index (χ0v) is 20.1. The third-order valence-corrected chi connectivity index (χ3v) is 7.93. The standard InChI is InChI=1S/C27H26N2O5S/c1-16(25(30)29-11-10-23-17(14-29)12-24(35-23)26(31)32)13-28-27(33)34-15-22-20-8-4-2-6-18(20)19-7-3-5-9-21(19)22/h2-9,12,16,22H,10-11,13-15H2,1H3,(H,28,33)(H,31,32). The number of carboxylic acid groups (broad SMARTS) is 1. The second-order valence-electron chi connectivity index (χ2n) is 8.98. The molecule has 180 valence electrons. The SMILES string of the molecule is CC(CNC(=O)OCC1c2ccccc2-c2ccccc21)C(=O)N1CCc2sc(C(=O)O)cc2C1. The van der Waals surface area contributed by atoms with E-state index in [0.717, 1.165) is 21.6 Å². The van der Waals surface area contributed by atoms with E-state index in [1.807, 2.05) is 24.3 Å². The van der Waals surface area contributed by atoms with Crippen LogP contribution in [-0.4, -0.2) is 47.7 Å². The number of amides is 2. The van der Waals surface area contributed by atoms with Gasteiger partial charge in [0, 0.05) is 30.4 Å². The van der Waals surface area contributed by atoms with Crippen molar-refractivity contribution in [3.63, 3.8) is 0 Å². The summed E-state index contributed by atoms with van der Waals surface area (Å²) >= 11 is 1.28. The Balaban J connectivity index is 1.14. The lowest BCUT2D eigenvalue weighted by molar-refractivity contribution is -0.135. The Morgan fingerprint density at radius 3 is 2.43 bits per heavy atom. The number of nitrogens with zero attached hydrogens (tertiary/aromatic N) is 1. The molecule has 1 atom stereocenters. The molecule has 2 aliphatic rings. The molecular formula is C27H26N2O5S. The van der Waals surface area contributed by atoms with E-state index < -0.39 is 18.0 Å². The number of hydrogen-bond donors (Lipinski definition) is 2. The monoisotopic (exact) mass is 490 g/mol. The van der Waals surface area contributed by atoms with Gasteiger partial charge in [0.2, 0.25) is 5.91 Å². The Kier molecular flexibility index (Phi) is 6.30. The number of rotatable bonds is 6. The highest BCUT2D eigenvalue weighted by atomic mass is 32.1. The number of benzene rings is 2. The predicted molar refractivity (Wildman–Crippen MR) is 133 cm³/mol. The predicted octanol–water partition coefficient (Wildman–Crippen LogP) is 4.51. The van der Waals surface area contributed by atoms with Crippen LogP contribution in [0.3, 0.4) is 0 Å². The lowest BCUT2D eigenvalue weighted by atomic mass is 9.98. The molecule has 2 N–H and O–H groups in total. The number of hydrogen-bond acceptors (Lipinski definition) is 5. The number of fused-ring (bicyclic) bond motifs is 4. The number of aromatic carboxylic acids is 1. The second-order valence-corrected chi connectivity index (χ2v) is 10.1. The molecule has 1 aromatic heterocycles. The van der Waals surface area contributed by atoms with Crippen molar-refractivity contribution in [1.29, 1.82) is 0 Å². The molecule has 0 spiro atoms. The highest BCUT2D eigenvalue weighted by molar-refractivity contribution is 7.14. The van der Waals surface area contributed by atoms with Gasteiger partial charge in [0.1, 0.15) is 11.5 Å². The van der Waals surface area contributed by atoms with Gasteiger partial charge in [-0.15, -0.1) is 11.3 Å². The molecule has 1 unspecified atom stereocenters. The highest BCUT2D eigenvalue weighted by Crippen LogP contribution is 2.44. The molecule has 7 nitrogen and oxygen atoms in total. The fourth-order valence-electron chi connectivity index (χ4n) is 4.91. The van der Waals surface area contributed by atoms with E-state index in [1.54, 1.807) is 17.9 Å². The lowest BCUT2D eigenvalue weighted by Gasteiger charge is -2.29. The van der Waals surface area contributed by atoms with Crippen molar-refractivity contribution in [2.24, 2.45) is 5.92 Å². The smallest absolute Gasteiger partial charge is 0.407 e. The van der Waals surface area contributed by atoms with E-state index in [0.29, 0.717) is 24.4 Å². The van der Waals surface area contributed by atoms with Crippen molar-refractivity contribution >= 4 is 29.3 Å². The van der Waals surface area contributed by atoms with Gasteiger partial charge in [-0.05, 0) is 40.3 Å². The number of carbonyl (C=O) groups excluding carboxylic acids is 2. The van der Waals surface area contributed by atoms with E-state index in [1.165, 1.54) is 22.5 Å². The first-order chi connectivity index (χ1) is 16.9. The molecule has 5 rings (SSSR count). The van der Waals surface area contributed by atoms with Crippen LogP contribution in [0, 0.1) is 5.92 Å². The molecule has 0 fully saturated rings. The van der Waals surface area contributed by atoms with Crippen LogP contribution in [0.2, 0.25) is 0 Å². The van der Waals surface area contributed by atoms with Crippen molar-refractivity contribution in [3.8, 4) is 11.1 Å². The molecule has 3 aromatic rings. The van der Waals surface area contributed by atoms with E-state index in [9.17, 15) is 19.5 Å². The quantitative estimate of drug-likeness (QED) is 0.530. The van der Waals surface area contributed by atoms with Crippen LogP contribution in [0.25, 0.3) is 11.1 Å². The maximum Gasteiger partial charge on any atom is 0.407 e. The van der Waals surface area contributed by atoms with Crippen molar-refractivity contribution in [2.75, 3.05) is 19.7 Å². The number of ether oxygens (including phenoxy) is 1. The highest BCUT2D eigenvalue weighted by Gasteiger charge is 2.30. The maximum atomic E-state index is 12.9. The molecule has 0 bridgehead atoms. The van der Waals surface area contributed by atoms with Crippen molar-refractivity contribution in [2.45, 2.75) is 25.8 Å². The molecule has 2 amide bonds. The maximum absolute atomic E-state index is 12.9. The molecule has 0 radical (unpaired) electrons. The van der Waals surface area contributed by atoms with E-state index in [2.05, 4.69) is 29.6 Å². The van der Waals surface area contributed by atoms with Crippen LogP contribution in [-0.2, 0) is 22.5 Å². The summed E-state index contributed by atoms with van der Waals surface area (Å²) in [5.41, 5.74) is 5.52. The molecule has 35 heavy (non-hydrogen) atoms. The molecule has 1 aliphatic heterocycles. The number of nitrogens with one attached hydrogen (secondary N) is 1. The van der Waals surface area contributed by atoms with Crippen LogP contribution < -0.4 is 5.32 Å². The summed E-state index contributed by atoms with van der Waals surface area (Å²) < 4.78 is 5.56. The van der Waals surface area contributed by atoms with Gasteiger partial charge in [-0.2, -0.15) is 0 Å². The summed E-state index contributed by atoms with van der Waals surface area (Å²) in [6.07, 6.45) is 0.0994. The van der Waals surface area contributed by atoms with E-state index in [-0.39, 0.29) is 25.0 Å². The minimum absolute atomic E-state index is 0.0175.